The summed E-state index contributed by atoms with van der Waals surface area (Å²) in [6.45, 7) is 0. The van der Waals surface area contributed by atoms with E-state index in [1.54, 1.807) is 24.3 Å². The van der Waals surface area contributed by atoms with Crippen LogP contribution in [0.5, 0.6) is 0 Å². The van der Waals surface area contributed by atoms with Gasteiger partial charge in [0.05, 0.1) is 11.4 Å². The van der Waals surface area contributed by atoms with E-state index in [1.165, 1.54) is 16.9 Å². The molecule has 0 bridgehead atoms. The number of imide groups is 1. The van der Waals surface area contributed by atoms with E-state index in [4.69, 9.17) is 0 Å². The van der Waals surface area contributed by atoms with E-state index < -0.39 is 0 Å². The number of carbonyl (C=O) groups is 3. The molecule has 0 atom stereocenters. The molecule has 1 N–H and O–H groups in total. The van der Waals surface area contributed by atoms with Gasteiger partial charge < -0.3 is 0 Å². The third-order valence-electron chi connectivity index (χ3n) is 4.96. The Morgan fingerprint density at radius 3 is 2.64 bits per heavy atom. The zero-order valence-electron chi connectivity index (χ0n) is 14.8. The fourth-order valence-electron chi connectivity index (χ4n) is 3.63. The highest BCUT2D eigenvalue weighted by Gasteiger charge is 2.30. The minimum absolute atomic E-state index is 0.210. The standard InChI is InChI=1S/C21H15N3O3S/c25-17-8-9-18(26)24(17)14-6-3-5-13(10-14)20(27)23-21-22-19-15-7-2-1-4-12(15)11-16(19)28-21/h1-7,10H,8-9,11H2,(H,22,23,27). The summed E-state index contributed by atoms with van der Waals surface area (Å²) in [6.07, 6.45) is 1.25. The van der Waals surface area contributed by atoms with Crippen molar-refractivity contribution in [2.24, 2.45) is 0 Å². The molecular formula is C21H15N3O3S. The minimum Gasteiger partial charge on any atom is -0.298 e. The molecule has 28 heavy (non-hydrogen) atoms. The highest BCUT2D eigenvalue weighted by Crippen LogP contribution is 2.40. The summed E-state index contributed by atoms with van der Waals surface area (Å²) in [5.41, 5.74) is 4.10. The highest BCUT2D eigenvalue weighted by atomic mass is 32.1. The van der Waals surface area contributed by atoms with Crippen molar-refractivity contribution in [3.63, 3.8) is 0 Å². The average Bonchev–Trinajstić information content (AvgIpc) is 3.34. The number of fused-ring (bicyclic) bond motifs is 3. The van der Waals surface area contributed by atoms with Gasteiger partial charge in [-0.05, 0) is 23.8 Å². The van der Waals surface area contributed by atoms with Gasteiger partial charge in [0, 0.05) is 35.3 Å². The summed E-state index contributed by atoms with van der Waals surface area (Å²) in [7, 11) is 0. The van der Waals surface area contributed by atoms with Gasteiger partial charge in [0.1, 0.15) is 0 Å². The van der Waals surface area contributed by atoms with Crippen molar-refractivity contribution in [3.8, 4) is 11.3 Å². The zero-order valence-corrected chi connectivity index (χ0v) is 15.6. The van der Waals surface area contributed by atoms with Crippen molar-refractivity contribution in [2.45, 2.75) is 19.3 Å². The van der Waals surface area contributed by atoms with Crippen molar-refractivity contribution in [1.82, 2.24) is 4.98 Å². The van der Waals surface area contributed by atoms with Gasteiger partial charge >= 0.3 is 0 Å². The van der Waals surface area contributed by atoms with E-state index in [0.29, 0.717) is 16.4 Å². The lowest BCUT2D eigenvalue weighted by Crippen LogP contribution is -2.28. The Hall–Kier alpha value is -3.32. The summed E-state index contributed by atoms with van der Waals surface area (Å²) in [6, 6.07) is 14.7. The number of carbonyl (C=O) groups excluding carboxylic acids is 3. The third kappa shape index (κ3) is 2.71. The number of amides is 3. The van der Waals surface area contributed by atoms with Crippen LogP contribution in [0, 0.1) is 0 Å². The van der Waals surface area contributed by atoms with Crippen LogP contribution >= 0.6 is 11.3 Å². The van der Waals surface area contributed by atoms with Crippen LogP contribution in [-0.4, -0.2) is 22.7 Å². The maximum Gasteiger partial charge on any atom is 0.257 e. The van der Waals surface area contributed by atoms with Crippen LogP contribution in [0.4, 0.5) is 10.8 Å². The molecule has 2 heterocycles. The largest absolute Gasteiger partial charge is 0.298 e. The monoisotopic (exact) mass is 389 g/mol. The first-order valence-corrected chi connectivity index (χ1v) is 9.77. The molecule has 1 aliphatic carbocycles. The fraction of sp³-hybridized carbons (Fsp3) is 0.143. The molecule has 5 rings (SSSR count). The molecule has 1 saturated heterocycles. The van der Waals surface area contributed by atoms with Crippen molar-refractivity contribution >= 4 is 39.9 Å². The number of rotatable bonds is 3. The third-order valence-corrected chi connectivity index (χ3v) is 5.93. The molecule has 2 aromatic carbocycles. The smallest absolute Gasteiger partial charge is 0.257 e. The molecule has 3 amide bonds. The van der Waals surface area contributed by atoms with Gasteiger partial charge in [-0.25, -0.2) is 4.98 Å². The van der Waals surface area contributed by atoms with Crippen LogP contribution in [0.1, 0.15) is 33.6 Å². The number of nitrogens with one attached hydrogen (secondary N) is 1. The summed E-state index contributed by atoms with van der Waals surface area (Å²) >= 11 is 1.47. The number of nitrogens with zero attached hydrogens (tertiary/aromatic N) is 2. The van der Waals surface area contributed by atoms with Crippen LogP contribution in [0.3, 0.4) is 0 Å². The normalized spacial score (nSPS) is 14.9. The van der Waals surface area contributed by atoms with Crippen LogP contribution in [0.2, 0.25) is 0 Å². The molecule has 0 unspecified atom stereocenters. The molecule has 7 heteroatoms. The molecule has 0 spiro atoms. The molecule has 2 aliphatic rings. The topological polar surface area (TPSA) is 79.4 Å². The number of benzene rings is 2. The Balaban J connectivity index is 1.38. The van der Waals surface area contributed by atoms with Crippen molar-refractivity contribution in [1.29, 1.82) is 0 Å². The Morgan fingerprint density at radius 1 is 1.04 bits per heavy atom. The van der Waals surface area contributed by atoms with Crippen molar-refractivity contribution in [3.05, 3.63) is 64.5 Å². The van der Waals surface area contributed by atoms with Crippen molar-refractivity contribution < 1.29 is 14.4 Å². The Labute approximate surface area is 164 Å². The maximum atomic E-state index is 12.7. The van der Waals surface area contributed by atoms with E-state index in [-0.39, 0.29) is 30.6 Å². The van der Waals surface area contributed by atoms with Gasteiger partial charge in [-0.1, -0.05) is 30.3 Å². The van der Waals surface area contributed by atoms with Crippen molar-refractivity contribution in [2.75, 3.05) is 10.2 Å². The summed E-state index contributed by atoms with van der Waals surface area (Å²) in [5, 5.41) is 3.38. The lowest BCUT2D eigenvalue weighted by Gasteiger charge is -2.14. The first-order chi connectivity index (χ1) is 13.6. The van der Waals surface area contributed by atoms with Crippen LogP contribution in [0.15, 0.2) is 48.5 Å². The molecule has 138 valence electrons. The van der Waals surface area contributed by atoms with Gasteiger partial charge in [0.15, 0.2) is 5.13 Å². The molecule has 0 radical (unpaired) electrons. The first-order valence-electron chi connectivity index (χ1n) is 8.95. The predicted molar refractivity (Wildman–Crippen MR) is 106 cm³/mol. The fourth-order valence-corrected chi connectivity index (χ4v) is 4.63. The second kappa shape index (κ2) is 6.38. The predicted octanol–water partition coefficient (Wildman–Crippen LogP) is 3.62. The van der Waals surface area contributed by atoms with Gasteiger partial charge in [0.25, 0.3) is 5.91 Å². The highest BCUT2D eigenvalue weighted by molar-refractivity contribution is 7.16. The van der Waals surface area contributed by atoms with Gasteiger partial charge in [-0.15, -0.1) is 11.3 Å². The number of hydrogen-bond donors (Lipinski definition) is 1. The van der Waals surface area contributed by atoms with E-state index in [1.807, 2.05) is 18.2 Å². The second-order valence-electron chi connectivity index (χ2n) is 6.75. The van der Waals surface area contributed by atoms with E-state index in [2.05, 4.69) is 16.4 Å². The lowest BCUT2D eigenvalue weighted by molar-refractivity contribution is -0.121. The number of anilines is 2. The van der Waals surface area contributed by atoms with Gasteiger partial charge in [-0.3, -0.25) is 24.6 Å². The molecule has 1 fully saturated rings. The molecule has 0 saturated carbocycles. The minimum atomic E-state index is -0.318. The molecule has 1 aromatic heterocycles. The van der Waals surface area contributed by atoms with E-state index in [9.17, 15) is 14.4 Å². The molecular weight excluding hydrogens is 374 g/mol. The van der Waals surface area contributed by atoms with E-state index in [0.717, 1.165) is 27.5 Å². The first kappa shape index (κ1) is 16.8. The lowest BCUT2D eigenvalue weighted by atomic mass is 10.1. The SMILES string of the molecule is O=C(Nc1nc2c(s1)Cc1ccccc1-2)c1cccc(N2C(=O)CCC2=O)c1. The number of thiazole rings is 1. The molecule has 6 nitrogen and oxygen atoms in total. The van der Waals surface area contributed by atoms with E-state index >= 15 is 0 Å². The quantitative estimate of drug-likeness (QED) is 0.543. The average molecular weight is 389 g/mol. The summed E-state index contributed by atoms with van der Waals surface area (Å²) < 4.78 is 0. The van der Waals surface area contributed by atoms with Crippen LogP contribution in [-0.2, 0) is 16.0 Å². The van der Waals surface area contributed by atoms with Gasteiger partial charge in [0.2, 0.25) is 11.8 Å². The Bertz CT molecular complexity index is 1140. The Kier molecular flexibility index (Phi) is 3.84. The molecule has 3 aromatic rings. The van der Waals surface area contributed by atoms with Crippen LogP contribution < -0.4 is 10.2 Å². The van der Waals surface area contributed by atoms with Crippen LogP contribution in [0.25, 0.3) is 11.3 Å². The maximum absolute atomic E-state index is 12.7. The molecule has 1 aliphatic heterocycles. The zero-order chi connectivity index (χ0) is 19.3. The second-order valence-corrected chi connectivity index (χ2v) is 7.84. The number of aromatic nitrogens is 1. The Morgan fingerprint density at radius 2 is 1.82 bits per heavy atom. The number of hydrogen-bond acceptors (Lipinski definition) is 5. The summed E-state index contributed by atoms with van der Waals surface area (Å²) in [4.78, 5) is 43.4. The van der Waals surface area contributed by atoms with Gasteiger partial charge in [-0.2, -0.15) is 0 Å². The summed E-state index contributed by atoms with van der Waals surface area (Å²) in [5.74, 6) is -0.795.